The van der Waals surface area contributed by atoms with E-state index in [1.165, 1.54) is 12.1 Å². The molecule has 156 valence electrons. The van der Waals surface area contributed by atoms with Gasteiger partial charge in [-0.3, -0.25) is 9.59 Å². The van der Waals surface area contributed by atoms with Crippen molar-refractivity contribution in [3.8, 4) is 5.75 Å². The number of phenols is 1. The van der Waals surface area contributed by atoms with Crippen molar-refractivity contribution >= 4 is 12.4 Å². The molecule has 1 heterocycles. The summed E-state index contributed by atoms with van der Waals surface area (Å²) in [7, 11) is 0. The molecule has 29 heavy (non-hydrogen) atoms. The number of halogens is 1. The van der Waals surface area contributed by atoms with Crippen molar-refractivity contribution in [2.24, 2.45) is 5.41 Å². The van der Waals surface area contributed by atoms with Crippen molar-refractivity contribution < 1.29 is 28.9 Å². The van der Waals surface area contributed by atoms with Crippen LogP contribution in [0.25, 0.3) is 0 Å². The highest BCUT2D eigenvalue weighted by atomic mass is 19.1. The molecule has 1 fully saturated rings. The van der Waals surface area contributed by atoms with Crippen molar-refractivity contribution in [1.82, 2.24) is 4.90 Å². The first-order valence-electron chi connectivity index (χ1n) is 9.23. The van der Waals surface area contributed by atoms with Crippen LogP contribution in [0.5, 0.6) is 5.75 Å². The molecule has 2 aromatic rings. The molecule has 1 saturated heterocycles. The van der Waals surface area contributed by atoms with Crippen LogP contribution in [0.2, 0.25) is 0 Å². The molecule has 1 aliphatic heterocycles. The van der Waals surface area contributed by atoms with Crippen molar-refractivity contribution in [2.45, 2.75) is 33.0 Å². The predicted octanol–water partition coefficient (Wildman–Crippen LogP) is 3.86. The van der Waals surface area contributed by atoms with E-state index in [4.69, 9.17) is 14.6 Å². The summed E-state index contributed by atoms with van der Waals surface area (Å²) in [5, 5.41) is 16.2. The second kappa shape index (κ2) is 9.52. The van der Waals surface area contributed by atoms with Crippen molar-refractivity contribution in [3.05, 3.63) is 65.5 Å². The Kier molecular flexibility index (Phi) is 7.34. The third-order valence-corrected chi connectivity index (χ3v) is 4.72. The first kappa shape index (κ1) is 22.4. The van der Waals surface area contributed by atoms with Crippen molar-refractivity contribution in [1.29, 1.82) is 0 Å². The molecule has 0 spiro atoms. The van der Waals surface area contributed by atoms with Gasteiger partial charge in [0.2, 0.25) is 0 Å². The Bertz CT molecular complexity index is 835. The second-order valence-corrected chi connectivity index (χ2v) is 7.87. The molecule has 1 amide bonds. The van der Waals surface area contributed by atoms with Crippen molar-refractivity contribution in [2.75, 3.05) is 13.1 Å². The largest absolute Gasteiger partial charge is 0.505 e. The minimum Gasteiger partial charge on any atom is -0.505 e. The second-order valence-electron chi connectivity index (χ2n) is 7.87. The Morgan fingerprint density at radius 3 is 2.34 bits per heavy atom. The molecule has 0 aliphatic carbocycles. The Labute approximate surface area is 169 Å². The van der Waals surface area contributed by atoms with Crippen LogP contribution in [0.3, 0.4) is 0 Å². The zero-order valence-corrected chi connectivity index (χ0v) is 16.7. The van der Waals surface area contributed by atoms with E-state index in [-0.39, 0.29) is 35.6 Å². The third kappa shape index (κ3) is 5.77. The van der Waals surface area contributed by atoms with Crippen LogP contribution in [0.4, 0.5) is 4.39 Å². The SMILES string of the molecule is CC(C)(C)[C@H]1CN(C(=O)c2ccc(O)c(F)c2)C[C@@H](c2ccccc2)O1.O=CO. The Hall–Kier alpha value is -2.93. The normalized spacial score (nSPS) is 19.1. The van der Waals surface area contributed by atoms with Gasteiger partial charge in [0.05, 0.1) is 12.6 Å². The summed E-state index contributed by atoms with van der Waals surface area (Å²) in [5.41, 5.74) is 1.09. The van der Waals surface area contributed by atoms with Crippen LogP contribution in [0.1, 0.15) is 42.8 Å². The topological polar surface area (TPSA) is 87.1 Å². The molecule has 0 saturated carbocycles. The lowest BCUT2D eigenvalue weighted by atomic mass is 9.87. The van der Waals surface area contributed by atoms with Crippen LogP contribution >= 0.6 is 0 Å². The summed E-state index contributed by atoms with van der Waals surface area (Å²) in [5.74, 6) is -1.52. The number of phenolic OH excluding ortho intramolecular Hbond substituents is 1. The average molecular weight is 403 g/mol. The molecule has 2 atom stereocenters. The number of hydrogen-bond acceptors (Lipinski definition) is 4. The van der Waals surface area contributed by atoms with E-state index in [1.807, 2.05) is 30.3 Å². The number of ether oxygens (including phenoxy) is 1. The number of rotatable bonds is 2. The van der Waals surface area contributed by atoms with E-state index in [2.05, 4.69) is 20.8 Å². The summed E-state index contributed by atoms with van der Waals surface area (Å²) >= 11 is 0. The third-order valence-electron chi connectivity index (χ3n) is 4.72. The number of morpholine rings is 1. The van der Waals surface area contributed by atoms with Gasteiger partial charge in [0.15, 0.2) is 11.6 Å². The minimum atomic E-state index is -0.795. The van der Waals surface area contributed by atoms with Crippen LogP contribution in [0, 0.1) is 11.2 Å². The molecule has 2 aromatic carbocycles. The minimum absolute atomic E-state index is 0.146. The molecule has 0 unspecified atom stereocenters. The molecule has 6 nitrogen and oxygen atoms in total. The first-order chi connectivity index (χ1) is 13.7. The van der Waals surface area contributed by atoms with Crippen LogP contribution < -0.4 is 0 Å². The van der Waals surface area contributed by atoms with Crippen molar-refractivity contribution in [3.63, 3.8) is 0 Å². The monoisotopic (exact) mass is 403 g/mol. The van der Waals surface area contributed by atoms with Gasteiger partial charge in [-0.05, 0) is 29.2 Å². The van der Waals surface area contributed by atoms with Gasteiger partial charge in [-0.15, -0.1) is 0 Å². The highest BCUT2D eigenvalue weighted by Gasteiger charge is 2.37. The first-order valence-corrected chi connectivity index (χ1v) is 9.23. The number of amides is 1. The number of carbonyl (C=O) groups is 2. The fraction of sp³-hybridized carbons (Fsp3) is 0.364. The Morgan fingerprint density at radius 2 is 1.79 bits per heavy atom. The van der Waals surface area contributed by atoms with Crippen LogP contribution in [-0.2, 0) is 9.53 Å². The van der Waals surface area contributed by atoms with E-state index in [0.29, 0.717) is 13.1 Å². The van der Waals surface area contributed by atoms with Gasteiger partial charge in [-0.25, -0.2) is 4.39 Å². The van der Waals surface area contributed by atoms with Gasteiger partial charge in [-0.2, -0.15) is 0 Å². The van der Waals surface area contributed by atoms with Crippen LogP contribution in [0.15, 0.2) is 48.5 Å². The molecule has 0 radical (unpaired) electrons. The summed E-state index contributed by atoms with van der Waals surface area (Å²) in [6, 6.07) is 13.5. The van der Waals surface area contributed by atoms with Gasteiger partial charge in [0, 0.05) is 12.1 Å². The van der Waals surface area contributed by atoms with E-state index < -0.39 is 11.6 Å². The van der Waals surface area contributed by atoms with E-state index in [9.17, 15) is 14.3 Å². The van der Waals surface area contributed by atoms with Crippen LogP contribution in [-0.4, -0.2) is 46.7 Å². The maximum atomic E-state index is 13.7. The molecule has 7 heteroatoms. The molecule has 0 bridgehead atoms. The van der Waals surface area contributed by atoms with E-state index in [1.54, 1.807) is 4.90 Å². The zero-order valence-electron chi connectivity index (χ0n) is 16.7. The van der Waals surface area contributed by atoms with E-state index >= 15 is 0 Å². The van der Waals surface area contributed by atoms with Gasteiger partial charge in [-0.1, -0.05) is 51.1 Å². The molecular weight excluding hydrogens is 377 g/mol. The number of aromatic hydroxyl groups is 1. The number of benzene rings is 2. The lowest BCUT2D eigenvalue weighted by Gasteiger charge is -2.43. The van der Waals surface area contributed by atoms with Gasteiger partial charge in [0.25, 0.3) is 12.4 Å². The summed E-state index contributed by atoms with van der Waals surface area (Å²) in [4.78, 5) is 23.0. The molecule has 2 N–H and O–H groups in total. The molecule has 0 aromatic heterocycles. The molecule has 1 aliphatic rings. The maximum absolute atomic E-state index is 13.7. The standard InChI is InChI=1S/C21H24FNO3.CH2O2/c1-21(2,3)19-13-23(12-18(26-19)14-7-5-4-6-8-14)20(25)15-9-10-17(24)16(22)11-15;2-1-3/h4-11,18-19,24H,12-13H2,1-3H3;1H,(H,2,3)/t18-,19+;/m0./s1. The lowest BCUT2D eigenvalue weighted by molar-refractivity contribution is -0.122. The molecular formula is C22H26FNO5. The fourth-order valence-corrected chi connectivity index (χ4v) is 3.08. The Balaban J connectivity index is 0.000000941. The molecule has 3 rings (SSSR count). The summed E-state index contributed by atoms with van der Waals surface area (Å²) in [6.07, 6.45) is -0.382. The Morgan fingerprint density at radius 1 is 1.17 bits per heavy atom. The lowest BCUT2D eigenvalue weighted by Crippen LogP contribution is -2.51. The maximum Gasteiger partial charge on any atom is 0.290 e. The highest BCUT2D eigenvalue weighted by molar-refractivity contribution is 5.94. The summed E-state index contributed by atoms with van der Waals surface area (Å²) in [6.45, 7) is 6.82. The predicted molar refractivity (Wildman–Crippen MR) is 106 cm³/mol. The fourth-order valence-electron chi connectivity index (χ4n) is 3.08. The number of hydrogen-bond donors (Lipinski definition) is 2. The number of carbonyl (C=O) groups excluding carboxylic acids is 1. The number of nitrogens with zero attached hydrogens (tertiary/aromatic N) is 1. The van der Waals surface area contributed by atoms with Gasteiger partial charge < -0.3 is 19.8 Å². The quantitative estimate of drug-likeness (QED) is 0.744. The average Bonchev–Trinajstić information content (AvgIpc) is 2.70. The van der Waals surface area contributed by atoms with E-state index in [0.717, 1.165) is 11.6 Å². The highest BCUT2D eigenvalue weighted by Crippen LogP contribution is 2.34. The van der Waals surface area contributed by atoms with Gasteiger partial charge in [0.1, 0.15) is 6.10 Å². The van der Waals surface area contributed by atoms with Gasteiger partial charge >= 0.3 is 0 Å². The number of carboxylic acid groups (broad SMARTS) is 1. The zero-order chi connectivity index (χ0) is 21.6. The summed E-state index contributed by atoms with van der Waals surface area (Å²) < 4.78 is 20.0. The smallest absolute Gasteiger partial charge is 0.290 e.